The Balaban J connectivity index is 1.02. The Hall–Kier alpha value is -7.63. The van der Waals surface area contributed by atoms with E-state index in [0.717, 1.165) is 93.9 Å². The maximum Gasteiger partial charge on any atom is 0.164 e. The fourth-order valence-corrected chi connectivity index (χ4v) is 7.78. The number of fused-ring (bicyclic) bond motifs is 6. The van der Waals surface area contributed by atoms with E-state index in [4.69, 9.17) is 23.8 Å². The fourth-order valence-electron chi connectivity index (χ4n) is 7.78. The predicted octanol–water partition coefficient (Wildman–Crippen LogP) is 13.7. The standard InChI is InChI=1S/C51H31N3O2/c1-4-13-32(14-5-1)35-19-12-20-37(27-35)50-52-49(34-17-8-3-9-18-34)53-51(54-50)38-24-26-41-40-25-23-36(29-45(40)56-46(41)30-38)39-28-43(33-15-6-2-7-16-33)48-42-21-10-11-22-44(42)55-47(48)31-39/h1-31H. The first-order chi connectivity index (χ1) is 27.7. The van der Waals surface area contributed by atoms with E-state index in [0.29, 0.717) is 17.5 Å². The molecule has 56 heavy (non-hydrogen) atoms. The highest BCUT2D eigenvalue weighted by atomic mass is 16.3. The third kappa shape index (κ3) is 5.53. The maximum atomic E-state index is 6.63. The first-order valence-corrected chi connectivity index (χ1v) is 18.7. The molecule has 5 heteroatoms. The topological polar surface area (TPSA) is 65.0 Å². The van der Waals surface area contributed by atoms with Gasteiger partial charge in [-0.05, 0) is 81.9 Å². The molecule has 0 saturated heterocycles. The predicted molar refractivity (Wildman–Crippen MR) is 227 cm³/mol. The van der Waals surface area contributed by atoms with Crippen LogP contribution in [-0.2, 0) is 0 Å². The fraction of sp³-hybridized carbons (Fsp3) is 0. The van der Waals surface area contributed by atoms with Crippen molar-refractivity contribution in [1.82, 2.24) is 15.0 Å². The van der Waals surface area contributed by atoms with Crippen molar-refractivity contribution in [1.29, 1.82) is 0 Å². The van der Waals surface area contributed by atoms with E-state index in [1.54, 1.807) is 0 Å². The van der Waals surface area contributed by atoms with E-state index in [9.17, 15) is 0 Å². The number of hydrogen-bond acceptors (Lipinski definition) is 5. The Morgan fingerprint density at radius 1 is 0.268 bits per heavy atom. The number of hydrogen-bond donors (Lipinski definition) is 0. The van der Waals surface area contributed by atoms with Crippen LogP contribution >= 0.6 is 0 Å². The molecule has 8 aromatic carbocycles. The van der Waals surface area contributed by atoms with Crippen LogP contribution in [0.15, 0.2) is 197 Å². The van der Waals surface area contributed by atoms with E-state index < -0.39 is 0 Å². The zero-order valence-corrected chi connectivity index (χ0v) is 30.1. The van der Waals surface area contributed by atoms with E-state index in [-0.39, 0.29) is 0 Å². The maximum absolute atomic E-state index is 6.63. The molecule has 3 aromatic heterocycles. The molecule has 0 amide bonds. The number of nitrogens with zero attached hydrogens (tertiary/aromatic N) is 3. The average molecular weight is 718 g/mol. The molecule has 3 heterocycles. The van der Waals surface area contributed by atoms with Gasteiger partial charge in [0.2, 0.25) is 0 Å². The molecule has 0 radical (unpaired) electrons. The van der Waals surface area contributed by atoms with E-state index in [1.165, 1.54) is 0 Å². The molecule has 0 N–H and O–H groups in total. The smallest absolute Gasteiger partial charge is 0.164 e. The summed E-state index contributed by atoms with van der Waals surface area (Å²) in [6.45, 7) is 0. The molecule has 0 aliphatic carbocycles. The quantitative estimate of drug-likeness (QED) is 0.171. The van der Waals surface area contributed by atoms with Crippen molar-refractivity contribution in [2.24, 2.45) is 0 Å². The van der Waals surface area contributed by atoms with Gasteiger partial charge in [0.15, 0.2) is 17.5 Å². The first-order valence-electron chi connectivity index (χ1n) is 18.7. The molecular weight excluding hydrogens is 687 g/mol. The second-order valence-electron chi connectivity index (χ2n) is 14.0. The molecule has 11 aromatic rings. The lowest BCUT2D eigenvalue weighted by Crippen LogP contribution is -2.00. The van der Waals surface area contributed by atoms with E-state index in [2.05, 4.69) is 127 Å². The van der Waals surface area contributed by atoms with Crippen LogP contribution in [0.1, 0.15) is 0 Å². The second kappa shape index (κ2) is 13.0. The number of para-hydroxylation sites is 1. The van der Waals surface area contributed by atoms with Crippen molar-refractivity contribution in [3.63, 3.8) is 0 Å². The molecule has 5 nitrogen and oxygen atoms in total. The Morgan fingerprint density at radius 2 is 0.750 bits per heavy atom. The average Bonchev–Trinajstić information content (AvgIpc) is 3.84. The molecule has 0 unspecified atom stereocenters. The van der Waals surface area contributed by atoms with Crippen molar-refractivity contribution in [3.8, 4) is 67.5 Å². The normalized spacial score (nSPS) is 11.6. The summed E-state index contributed by atoms with van der Waals surface area (Å²) in [5, 5.41) is 4.30. The number of rotatable bonds is 6. The van der Waals surface area contributed by atoms with Crippen LogP contribution < -0.4 is 0 Å². The lowest BCUT2D eigenvalue weighted by atomic mass is 9.94. The molecule has 262 valence electrons. The van der Waals surface area contributed by atoms with Crippen molar-refractivity contribution < 1.29 is 8.83 Å². The van der Waals surface area contributed by atoms with Crippen molar-refractivity contribution in [2.75, 3.05) is 0 Å². The molecule has 0 bridgehead atoms. The minimum Gasteiger partial charge on any atom is -0.456 e. The highest BCUT2D eigenvalue weighted by Crippen LogP contribution is 2.41. The molecule has 0 aliphatic rings. The summed E-state index contributed by atoms with van der Waals surface area (Å²) in [4.78, 5) is 15.0. The second-order valence-corrected chi connectivity index (χ2v) is 14.0. The summed E-state index contributed by atoms with van der Waals surface area (Å²) in [5.41, 5.74) is 12.6. The Labute approximate surface area is 322 Å². The van der Waals surface area contributed by atoms with Gasteiger partial charge in [-0.25, -0.2) is 15.0 Å². The van der Waals surface area contributed by atoms with Gasteiger partial charge < -0.3 is 8.83 Å². The Kier molecular flexibility index (Phi) is 7.42. The van der Waals surface area contributed by atoms with Crippen molar-refractivity contribution >= 4 is 43.9 Å². The highest BCUT2D eigenvalue weighted by Gasteiger charge is 2.18. The Morgan fingerprint density at radius 3 is 1.46 bits per heavy atom. The zero-order chi connectivity index (χ0) is 37.0. The van der Waals surface area contributed by atoms with Gasteiger partial charge in [0, 0.05) is 38.2 Å². The number of benzene rings is 8. The summed E-state index contributed by atoms with van der Waals surface area (Å²) in [7, 11) is 0. The summed E-state index contributed by atoms with van der Waals surface area (Å²) in [6, 6.07) is 64.6. The largest absolute Gasteiger partial charge is 0.456 e. The molecule has 0 spiro atoms. The van der Waals surface area contributed by atoms with Gasteiger partial charge in [0.25, 0.3) is 0 Å². The summed E-state index contributed by atoms with van der Waals surface area (Å²) < 4.78 is 13.1. The molecule has 0 atom stereocenters. The Bertz CT molecular complexity index is 3240. The molecule has 0 saturated carbocycles. The van der Waals surface area contributed by atoms with Gasteiger partial charge in [0.1, 0.15) is 22.3 Å². The van der Waals surface area contributed by atoms with Crippen LogP contribution in [0.4, 0.5) is 0 Å². The van der Waals surface area contributed by atoms with Crippen LogP contribution in [0.25, 0.3) is 111 Å². The van der Waals surface area contributed by atoms with Gasteiger partial charge in [-0.1, -0.05) is 140 Å². The lowest BCUT2D eigenvalue weighted by Gasteiger charge is -2.09. The monoisotopic (exact) mass is 717 g/mol. The first kappa shape index (κ1) is 31.9. The van der Waals surface area contributed by atoms with Crippen LogP contribution in [0.2, 0.25) is 0 Å². The van der Waals surface area contributed by atoms with E-state index in [1.807, 2.05) is 60.7 Å². The molecule has 0 fully saturated rings. The summed E-state index contributed by atoms with van der Waals surface area (Å²) in [5.74, 6) is 1.80. The van der Waals surface area contributed by atoms with Crippen LogP contribution in [0, 0.1) is 0 Å². The molecule has 0 aliphatic heterocycles. The van der Waals surface area contributed by atoms with Crippen LogP contribution in [-0.4, -0.2) is 15.0 Å². The van der Waals surface area contributed by atoms with Gasteiger partial charge >= 0.3 is 0 Å². The van der Waals surface area contributed by atoms with Gasteiger partial charge in [-0.2, -0.15) is 0 Å². The molecule has 11 rings (SSSR count). The summed E-state index contributed by atoms with van der Waals surface area (Å²) in [6.07, 6.45) is 0. The van der Waals surface area contributed by atoms with Crippen molar-refractivity contribution in [3.05, 3.63) is 188 Å². The van der Waals surface area contributed by atoms with Crippen LogP contribution in [0.5, 0.6) is 0 Å². The third-order valence-electron chi connectivity index (χ3n) is 10.5. The van der Waals surface area contributed by atoms with Crippen LogP contribution in [0.3, 0.4) is 0 Å². The lowest BCUT2D eigenvalue weighted by molar-refractivity contribution is 0.668. The van der Waals surface area contributed by atoms with Gasteiger partial charge in [-0.15, -0.1) is 0 Å². The van der Waals surface area contributed by atoms with Gasteiger partial charge in [-0.3, -0.25) is 0 Å². The zero-order valence-electron chi connectivity index (χ0n) is 30.1. The number of furan rings is 2. The van der Waals surface area contributed by atoms with E-state index >= 15 is 0 Å². The summed E-state index contributed by atoms with van der Waals surface area (Å²) >= 11 is 0. The molecular formula is C51H31N3O2. The minimum absolute atomic E-state index is 0.578. The SMILES string of the molecule is c1ccc(-c2cccc(-c3nc(-c4ccccc4)nc(-c4ccc5c(c4)oc4cc(-c6cc(-c7ccccc7)c7c(c6)oc6ccccc67)ccc45)n3)c2)cc1. The van der Waals surface area contributed by atoms with Gasteiger partial charge in [0.05, 0.1) is 0 Å². The highest BCUT2D eigenvalue weighted by molar-refractivity contribution is 6.14. The minimum atomic E-state index is 0.578. The third-order valence-corrected chi connectivity index (χ3v) is 10.5. The van der Waals surface area contributed by atoms with Crippen molar-refractivity contribution in [2.45, 2.75) is 0 Å². The number of aromatic nitrogens is 3.